The van der Waals surface area contributed by atoms with Gasteiger partial charge < -0.3 is 19.7 Å². The van der Waals surface area contributed by atoms with Crippen LogP contribution < -0.4 is 14.8 Å². The molecule has 0 spiro atoms. The Bertz CT molecular complexity index is 572. The van der Waals surface area contributed by atoms with Crippen LogP contribution in [0.2, 0.25) is 0 Å². The van der Waals surface area contributed by atoms with Crippen molar-refractivity contribution < 1.29 is 19.1 Å². The van der Waals surface area contributed by atoms with Crippen molar-refractivity contribution in [3.05, 3.63) is 18.2 Å². The van der Waals surface area contributed by atoms with Crippen LogP contribution in [0.15, 0.2) is 18.2 Å². The van der Waals surface area contributed by atoms with E-state index < -0.39 is 0 Å². The van der Waals surface area contributed by atoms with Gasteiger partial charge >= 0.3 is 0 Å². The molecule has 2 rings (SSSR count). The molecular weight excluding hydrogens is 296 g/mol. The monoisotopic (exact) mass is 320 g/mol. The second-order valence-corrected chi connectivity index (χ2v) is 5.91. The lowest BCUT2D eigenvalue weighted by Gasteiger charge is -2.22. The zero-order valence-corrected chi connectivity index (χ0v) is 13.9. The zero-order chi connectivity index (χ0) is 16.8. The predicted molar refractivity (Wildman–Crippen MR) is 87.8 cm³/mol. The smallest absolute Gasteiger partial charge is 0.243 e. The highest BCUT2D eigenvalue weighted by Crippen LogP contribution is 2.32. The molecule has 0 saturated heterocycles. The summed E-state index contributed by atoms with van der Waals surface area (Å²) in [5, 5.41) is 2.80. The van der Waals surface area contributed by atoms with E-state index in [0.29, 0.717) is 43.4 Å². The number of amides is 2. The van der Waals surface area contributed by atoms with E-state index in [0.717, 1.165) is 0 Å². The second kappa shape index (κ2) is 7.85. The number of nitrogens with one attached hydrogen (secondary N) is 1. The summed E-state index contributed by atoms with van der Waals surface area (Å²) in [5.74, 6) is 1.35. The lowest BCUT2D eigenvalue weighted by molar-refractivity contribution is -0.135. The van der Waals surface area contributed by atoms with Gasteiger partial charge in [0.1, 0.15) is 13.2 Å². The SMILES string of the molecule is CCN(CC(=O)Nc1ccc2c(c1)OCCO2)C(=O)CC(C)C. The summed E-state index contributed by atoms with van der Waals surface area (Å²) in [4.78, 5) is 25.8. The molecule has 1 heterocycles. The number of likely N-dealkylation sites (N-methyl/N-ethyl adjacent to an activating group) is 1. The highest BCUT2D eigenvalue weighted by Gasteiger charge is 2.17. The lowest BCUT2D eigenvalue weighted by Crippen LogP contribution is -2.38. The number of hydrogen-bond acceptors (Lipinski definition) is 4. The number of anilines is 1. The first-order valence-electron chi connectivity index (χ1n) is 7.97. The fraction of sp³-hybridized carbons (Fsp3) is 0.529. The van der Waals surface area contributed by atoms with Crippen molar-refractivity contribution in [1.82, 2.24) is 4.90 Å². The molecule has 1 aliphatic rings. The van der Waals surface area contributed by atoms with Gasteiger partial charge in [-0.3, -0.25) is 9.59 Å². The third-order valence-electron chi connectivity index (χ3n) is 3.48. The highest BCUT2D eigenvalue weighted by molar-refractivity contribution is 5.94. The topological polar surface area (TPSA) is 67.9 Å². The van der Waals surface area contributed by atoms with Crippen molar-refractivity contribution >= 4 is 17.5 Å². The van der Waals surface area contributed by atoms with Gasteiger partial charge in [0.2, 0.25) is 11.8 Å². The Hall–Kier alpha value is -2.24. The summed E-state index contributed by atoms with van der Waals surface area (Å²) in [6.07, 6.45) is 0.450. The summed E-state index contributed by atoms with van der Waals surface area (Å²) in [6.45, 7) is 7.44. The molecule has 1 aromatic rings. The number of benzene rings is 1. The first-order valence-corrected chi connectivity index (χ1v) is 7.97. The van der Waals surface area contributed by atoms with Crippen LogP contribution >= 0.6 is 0 Å². The van der Waals surface area contributed by atoms with Crippen molar-refractivity contribution in [2.45, 2.75) is 27.2 Å². The molecule has 6 heteroatoms. The minimum Gasteiger partial charge on any atom is -0.486 e. The molecule has 0 radical (unpaired) electrons. The van der Waals surface area contributed by atoms with E-state index >= 15 is 0 Å². The molecule has 0 bridgehead atoms. The zero-order valence-electron chi connectivity index (χ0n) is 13.9. The Kier molecular flexibility index (Phi) is 5.84. The van der Waals surface area contributed by atoms with E-state index in [1.807, 2.05) is 20.8 Å². The molecule has 1 N–H and O–H groups in total. The fourth-order valence-electron chi connectivity index (χ4n) is 2.35. The first kappa shape index (κ1) is 17.1. The molecule has 6 nitrogen and oxygen atoms in total. The number of nitrogens with zero attached hydrogens (tertiary/aromatic N) is 1. The van der Waals surface area contributed by atoms with Gasteiger partial charge in [0.05, 0.1) is 6.54 Å². The molecule has 1 aliphatic heterocycles. The summed E-state index contributed by atoms with van der Waals surface area (Å²) in [6, 6.07) is 5.27. The largest absolute Gasteiger partial charge is 0.486 e. The number of carbonyl (C=O) groups excluding carboxylic acids is 2. The molecular formula is C17H24N2O4. The number of hydrogen-bond donors (Lipinski definition) is 1. The van der Waals surface area contributed by atoms with Crippen LogP contribution in [0.25, 0.3) is 0 Å². The summed E-state index contributed by atoms with van der Waals surface area (Å²) < 4.78 is 10.9. The average Bonchev–Trinajstić information content (AvgIpc) is 2.51. The Morgan fingerprint density at radius 3 is 2.57 bits per heavy atom. The molecule has 0 unspecified atom stereocenters. The maximum absolute atomic E-state index is 12.2. The lowest BCUT2D eigenvalue weighted by atomic mass is 10.1. The minimum absolute atomic E-state index is 0.000163. The van der Waals surface area contributed by atoms with Crippen LogP contribution in [0.4, 0.5) is 5.69 Å². The highest BCUT2D eigenvalue weighted by atomic mass is 16.6. The molecule has 0 atom stereocenters. The van der Waals surface area contributed by atoms with E-state index in [1.165, 1.54) is 0 Å². The average molecular weight is 320 g/mol. The van der Waals surface area contributed by atoms with Crippen LogP contribution in [0, 0.1) is 5.92 Å². The third kappa shape index (κ3) is 4.87. The fourth-order valence-corrected chi connectivity index (χ4v) is 2.35. The minimum atomic E-state index is -0.222. The number of carbonyl (C=O) groups is 2. The summed E-state index contributed by atoms with van der Waals surface area (Å²) in [5.41, 5.74) is 0.631. The van der Waals surface area contributed by atoms with Gasteiger partial charge in [0.25, 0.3) is 0 Å². The van der Waals surface area contributed by atoms with Crippen LogP contribution in [0.1, 0.15) is 27.2 Å². The van der Waals surface area contributed by atoms with Gasteiger partial charge in [-0.05, 0) is 25.0 Å². The maximum atomic E-state index is 12.2. The number of rotatable bonds is 6. The van der Waals surface area contributed by atoms with Gasteiger partial charge in [-0.15, -0.1) is 0 Å². The molecule has 0 aliphatic carbocycles. The predicted octanol–water partition coefficient (Wildman–Crippen LogP) is 2.29. The van der Waals surface area contributed by atoms with Gasteiger partial charge in [-0.2, -0.15) is 0 Å². The summed E-state index contributed by atoms with van der Waals surface area (Å²) in [7, 11) is 0. The van der Waals surface area contributed by atoms with Crippen LogP contribution in [-0.4, -0.2) is 43.0 Å². The van der Waals surface area contributed by atoms with E-state index in [1.54, 1.807) is 23.1 Å². The van der Waals surface area contributed by atoms with Crippen molar-refractivity contribution in [1.29, 1.82) is 0 Å². The molecule has 126 valence electrons. The van der Waals surface area contributed by atoms with Crippen molar-refractivity contribution in [3.63, 3.8) is 0 Å². The van der Waals surface area contributed by atoms with E-state index in [9.17, 15) is 9.59 Å². The Morgan fingerprint density at radius 1 is 1.22 bits per heavy atom. The molecule has 2 amide bonds. The van der Waals surface area contributed by atoms with E-state index in [2.05, 4.69) is 5.32 Å². The molecule has 0 fully saturated rings. The van der Waals surface area contributed by atoms with Gasteiger partial charge in [-0.1, -0.05) is 13.8 Å². The normalized spacial score (nSPS) is 12.9. The van der Waals surface area contributed by atoms with Gasteiger partial charge in [0.15, 0.2) is 11.5 Å². The Balaban J connectivity index is 1.94. The van der Waals surface area contributed by atoms with E-state index in [4.69, 9.17) is 9.47 Å². The molecule has 0 aromatic heterocycles. The van der Waals surface area contributed by atoms with Gasteiger partial charge in [-0.25, -0.2) is 0 Å². The van der Waals surface area contributed by atoms with Crippen LogP contribution in [0.5, 0.6) is 11.5 Å². The van der Waals surface area contributed by atoms with Crippen molar-refractivity contribution in [3.8, 4) is 11.5 Å². The van der Waals surface area contributed by atoms with Crippen LogP contribution in [-0.2, 0) is 9.59 Å². The van der Waals surface area contributed by atoms with Crippen molar-refractivity contribution in [2.75, 3.05) is 31.6 Å². The third-order valence-corrected chi connectivity index (χ3v) is 3.48. The van der Waals surface area contributed by atoms with Crippen LogP contribution in [0.3, 0.4) is 0 Å². The Labute approximate surface area is 136 Å². The molecule has 1 aromatic carbocycles. The van der Waals surface area contributed by atoms with E-state index in [-0.39, 0.29) is 24.3 Å². The number of ether oxygens (including phenoxy) is 2. The second-order valence-electron chi connectivity index (χ2n) is 5.91. The maximum Gasteiger partial charge on any atom is 0.243 e. The molecule has 0 saturated carbocycles. The molecule has 23 heavy (non-hydrogen) atoms. The number of fused-ring (bicyclic) bond motifs is 1. The summed E-state index contributed by atoms with van der Waals surface area (Å²) >= 11 is 0. The van der Waals surface area contributed by atoms with Gasteiger partial charge in [0, 0.05) is 24.7 Å². The van der Waals surface area contributed by atoms with Crippen molar-refractivity contribution in [2.24, 2.45) is 5.92 Å². The Morgan fingerprint density at radius 2 is 1.91 bits per heavy atom. The first-order chi connectivity index (χ1) is 11.0. The standard InChI is InChI=1S/C17H24N2O4/c1-4-19(17(21)9-12(2)3)11-16(20)18-13-5-6-14-15(10-13)23-8-7-22-14/h5-6,10,12H,4,7-9,11H2,1-3H3,(H,18,20). The quantitative estimate of drug-likeness (QED) is 0.873.